The summed E-state index contributed by atoms with van der Waals surface area (Å²) in [7, 11) is 0. The van der Waals surface area contributed by atoms with Gasteiger partial charge in [0.15, 0.2) is 5.82 Å². The van der Waals surface area contributed by atoms with E-state index in [9.17, 15) is 4.79 Å². The second-order valence-corrected chi connectivity index (χ2v) is 7.95. The molecule has 1 fully saturated rings. The van der Waals surface area contributed by atoms with Crippen molar-refractivity contribution in [3.63, 3.8) is 0 Å². The van der Waals surface area contributed by atoms with Crippen molar-refractivity contribution in [2.24, 2.45) is 0 Å². The molecule has 0 spiro atoms. The first-order valence-electron chi connectivity index (χ1n) is 8.94. The number of aromatic nitrogens is 2. The lowest BCUT2D eigenvalue weighted by Crippen LogP contribution is -2.48. The summed E-state index contributed by atoms with van der Waals surface area (Å²) < 4.78 is 6.32. The Hall–Kier alpha value is -2.22. The highest BCUT2D eigenvalue weighted by molar-refractivity contribution is 9.10. The molecule has 2 heterocycles. The van der Waals surface area contributed by atoms with Gasteiger partial charge in [0, 0.05) is 46.8 Å². The molecular weight excluding hydrogens is 444 g/mol. The minimum absolute atomic E-state index is 0.0648. The van der Waals surface area contributed by atoms with Gasteiger partial charge >= 0.3 is 0 Å². The molecule has 0 bridgehead atoms. The molecule has 1 aliphatic rings. The number of benzene rings is 2. The fourth-order valence-corrected chi connectivity index (χ4v) is 3.60. The molecule has 0 unspecified atom stereocenters. The van der Waals surface area contributed by atoms with E-state index in [1.54, 1.807) is 12.1 Å². The van der Waals surface area contributed by atoms with Crippen LogP contribution >= 0.6 is 27.5 Å². The Bertz CT molecular complexity index is 968. The van der Waals surface area contributed by atoms with Gasteiger partial charge in [-0.2, -0.15) is 4.98 Å². The topological polar surface area (TPSA) is 62.5 Å². The van der Waals surface area contributed by atoms with E-state index >= 15 is 0 Å². The maximum absolute atomic E-state index is 12.6. The van der Waals surface area contributed by atoms with Crippen LogP contribution in [0.5, 0.6) is 0 Å². The van der Waals surface area contributed by atoms with Gasteiger partial charge < -0.3 is 9.42 Å². The Morgan fingerprint density at radius 3 is 2.57 bits per heavy atom. The Morgan fingerprint density at radius 2 is 1.86 bits per heavy atom. The van der Waals surface area contributed by atoms with Crippen LogP contribution in [0, 0.1) is 0 Å². The summed E-state index contributed by atoms with van der Waals surface area (Å²) in [5.74, 6) is 1.15. The number of carbonyl (C=O) groups excluding carboxylic acids is 1. The first-order valence-corrected chi connectivity index (χ1v) is 10.1. The maximum atomic E-state index is 12.6. The van der Waals surface area contributed by atoms with Gasteiger partial charge in [0.05, 0.1) is 6.54 Å². The molecular formula is C20H18BrClN4O2. The molecule has 0 saturated carbocycles. The predicted octanol–water partition coefficient (Wildman–Crippen LogP) is 4.11. The summed E-state index contributed by atoms with van der Waals surface area (Å²) in [4.78, 5) is 21.2. The van der Waals surface area contributed by atoms with Gasteiger partial charge in [-0.1, -0.05) is 38.8 Å². The van der Waals surface area contributed by atoms with Crippen LogP contribution in [0.25, 0.3) is 11.5 Å². The van der Waals surface area contributed by atoms with E-state index in [0.29, 0.717) is 41.9 Å². The van der Waals surface area contributed by atoms with Crippen molar-refractivity contribution in [1.29, 1.82) is 0 Å². The second kappa shape index (κ2) is 8.43. The molecule has 0 atom stereocenters. The third-order valence-corrected chi connectivity index (χ3v) is 5.42. The van der Waals surface area contributed by atoms with Crippen LogP contribution in [-0.4, -0.2) is 52.0 Å². The fraction of sp³-hybridized carbons (Fsp3) is 0.250. The van der Waals surface area contributed by atoms with E-state index in [1.165, 1.54) is 0 Å². The summed E-state index contributed by atoms with van der Waals surface area (Å²) in [6.45, 7) is 3.47. The number of halogens is 2. The van der Waals surface area contributed by atoms with E-state index in [4.69, 9.17) is 16.1 Å². The zero-order chi connectivity index (χ0) is 19.5. The first-order chi connectivity index (χ1) is 13.6. The zero-order valence-electron chi connectivity index (χ0n) is 15.0. The molecule has 8 heteroatoms. The van der Waals surface area contributed by atoms with E-state index in [2.05, 4.69) is 31.0 Å². The largest absolute Gasteiger partial charge is 0.336 e. The van der Waals surface area contributed by atoms with E-state index in [-0.39, 0.29) is 5.91 Å². The van der Waals surface area contributed by atoms with Gasteiger partial charge in [-0.15, -0.1) is 0 Å². The van der Waals surface area contributed by atoms with Crippen LogP contribution < -0.4 is 0 Å². The monoisotopic (exact) mass is 460 g/mol. The van der Waals surface area contributed by atoms with Crippen molar-refractivity contribution in [1.82, 2.24) is 19.9 Å². The Labute approximate surface area is 176 Å². The average Bonchev–Trinajstić information content (AvgIpc) is 3.17. The summed E-state index contributed by atoms with van der Waals surface area (Å²) in [6, 6.07) is 14.8. The van der Waals surface area contributed by atoms with Crippen LogP contribution in [0.15, 0.2) is 57.5 Å². The number of carbonyl (C=O) groups is 1. The van der Waals surface area contributed by atoms with Crippen molar-refractivity contribution in [3.8, 4) is 11.5 Å². The van der Waals surface area contributed by atoms with Crippen LogP contribution in [-0.2, 0) is 6.54 Å². The summed E-state index contributed by atoms with van der Waals surface area (Å²) in [5, 5.41) is 4.70. The summed E-state index contributed by atoms with van der Waals surface area (Å²) in [6.07, 6.45) is 0. The smallest absolute Gasteiger partial charge is 0.258 e. The van der Waals surface area contributed by atoms with Crippen molar-refractivity contribution >= 4 is 33.4 Å². The number of amides is 1. The van der Waals surface area contributed by atoms with Crippen LogP contribution in [0.3, 0.4) is 0 Å². The minimum atomic E-state index is 0.0648. The van der Waals surface area contributed by atoms with Gasteiger partial charge in [-0.25, -0.2) is 0 Å². The molecule has 1 amide bonds. The van der Waals surface area contributed by atoms with Gasteiger partial charge in [-0.05, 0) is 42.5 Å². The summed E-state index contributed by atoms with van der Waals surface area (Å²) >= 11 is 9.41. The fourth-order valence-electron chi connectivity index (χ4n) is 3.14. The molecule has 1 aliphatic heterocycles. The molecule has 0 aliphatic carbocycles. The highest BCUT2D eigenvalue weighted by atomic mass is 79.9. The molecule has 2 aromatic carbocycles. The quantitative estimate of drug-likeness (QED) is 0.585. The molecule has 0 radical (unpaired) electrons. The lowest BCUT2D eigenvalue weighted by atomic mass is 10.2. The van der Waals surface area contributed by atoms with Crippen molar-refractivity contribution in [2.75, 3.05) is 26.2 Å². The van der Waals surface area contributed by atoms with Gasteiger partial charge in [0.1, 0.15) is 0 Å². The molecule has 28 heavy (non-hydrogen) atoms. The Kier molecular flexibility index (Phi) is 5.75. The Balaban J connectivity index is 1.33. The predicted molar refractivity (Wildman–Crippen MR) is 110 cm³/mol. The van der Waals surface area contributed by atoms with Crippen LogP contribution in [0.1, 0.15) is 16.2 Å². The number of hydrogen-bond acceptors (Lipinski definition) is 5. The molecule has 4 rings (SSSR count). The standard InChI is InChI=1S/C20H18BrClN4O2/c21-16-6-4-14(5-7-16)20(27)26-10-8-25(9-11-26)13-18-23-19(28-24-18)15-2-1-3-17(22)12-15/h1-7,12H,8-11,13H2. The lowest BCUT2D eigenvalue weighted by molar-refractivity contribution is 0.0624. The minimum Gasteiger partial charge on any atom is -0.336 e. The molecule has 1 saturated heterocycles. The molecule has 6 nitrogen and oxygen atoms in total. The third kappa shape index (κ3) is 4.43. The average molecular weight is 462 g/mol. The van der Waals surface area contributed by atoms with E-state index in [1.807, 2.05) is 41.3 Å². The third-order valence-electron chi connectivity index (χ3n) is 4.66. The van der Waals surface area contributed by atoms with Gasteiger partial charge in [-0.3, -0.25) is 9.69 Å². The van der Waals surface area contributed by atoms with Crippen LogP contribution in [0.4, 0.5) is 0 Å². The zero-order valence-corrected chi connectivity index (χ0v) is 17.4. The highest BCUT2D eigenvalue weighted by Crippen LogP contribution is 2.21. The van der Waals surface area contributed by atoms with Gasteiger partial charge in [0.25, 0.3) is 11.8 Å². The van der Waals surface area contributed by atoms with Crippen molar-refractivity contribution in [3.05, 3.63) is 69.4 Å². The number of rotatable bonds is 4. The summed E-state index contributed by atoms with van der Waals surface area (Å²) in [5.41, 5.74) is 1.51. The van der Waals surface area contributed by atoms with E-state index in [0.717, 1.165) is 23.1 Å². The Morgan fingerprint density at radius 1 is 1.11 bits per heavy atom. The maximum Gasteiger partial charge on any atom is 0.258 e. The molecule has 1 aromatic heterocycles. The van der Waals surface area contributed by atoms with Crippen LogP contribution in [0.2, 0.25) is 5.02 Å². The first kappa shape index (κ1) is 19.1. The lowest BCUT2D eigenvalue weighted by Gasteiger charge is -2.34. The van der Waals surface area contributed by atoms with Crippen molar-refractivity contribution in [2.45, 2.75) is 6.54 Å². The highest BCUT2D eigenvalue weighted by Gasteiger charge is 2.23. The molecule has 144 valence electrons. The number of hydrogen-bond donors (Lipinski definition) is 0. The second-order valence-electron chi connectivity index (χ2n) is 6.60. The SMILES string of the molecule is O=C(c1ccc(Br)cc1)N1CCN(Cc2noc(-c3cccc(Cl)c3)n2)CC1. The molecule has 0 N–H and O–H groups in total. The van der Waals surface area contributed by atoms with Gasteiger partial charge in [0.2, 0.25) is 0 Å². The number of piperazine rings is 1. The number of nitrogens with zero attached hydrogens (tertiary/aromatic N) is 4. The molecule has 3 aromatic rings. The van der Waals surface area contributed by atoms with E-state index < -0.39 is 0 Å². The van der Waals surface area contributed by atoms with Crippen molar-refractivity contribution < 1.29 is 9.32 Å². The normalized spacial score (nSPS) is 15.0.